The summed E-state index contributed by atoms with van der Waals surface area (Å²) in [6.07, 6.45) is 4.53. The van der Waals surface area contributed by atoms with Gasteiger partial charge in [-0.1, -0.05) is 57.5 Å². The van der Waals surface area contributed by atoms with Crippen molar-refractivity contribution in [3.05, 3.63) is 63.5 Å². The van der Waals surface area contributed by atoms with E-state index in [1.807, 2.05) is 0 Å². The molecule has 1 aromatic carbocycles. The molecule has 0 saturated heterocycles. The number of Topliss-reactive ketones (excluding diaryl/α,β-unsaturated/α-hetero) is 1. The average Bonchev–Trinajstić information content (AvgIpc) is 3.17. The molecule has 0 fully saturated rings. The summed E-state index contributed by atoms with van der Waals surface area (Å²) in [5.41, 5.74) is 8.65. The first-order chi connectivity index (χ1) is 12.8. The van der Waals surface area contributed by atoms with Crippen LogP contribution in [0.15, 0.2) is 35.4 Å². The maximum Gasteiger partial charge on any atom is 0.160 e. The molecule has 1 N–H and O–H groups in total. The Balaban J connectivity index is 1.85. The summed E-state index contributed by atoms with van der Waals surface area (Å²) in [7, 11) is 0. The van der Waals surface area contributed by atoms with Crippen LogP contribution in [0.5, 0.6) is 0 Å². The fraction of sp³-hybridized carbons (Fsp3) is 0.500. The van der Waals surface area contributed by atoms with E-state index in [9.17, 15) is 4.79 Å². The number of carbonyl (C=O) groups is 1. The number of benzene rings is 1. The zero-order valence-corrected chi connectivity index (χ0v) is 16.8. The predicted molar refractivity (Wildman–Crippen MR) is 107 cm³/mol. The average molecular weight is 361 g/mol. The van der Waals surface area contributed by atoms with Crippen LogP contribution in [0.25, 0.3) is 0 Å². The molecule has 0 radical (unpaired) electrons. The number of H-pyrrole nitrogens is 1. The molecule has 5 rings (SSSR count). The molecular formula is C24H28N2O. The lowest BCUT2D eigenvalue weighted by Crippen LogP contribution is -2.42. The number of hydrogen-bond donors (Lipinski definition) is 1. The molecule has 1 heterocycles. The Kier molecular flexibility index (Phi) is 3.42. The Morgan fingerprint density at radius 2 is 1.93 bits per heavy atom. The molecule has 0 saturated carbocycles. The summed E-state index contributed by atoms with van der Waals surface area (Å²) < 4.78 is 0. The number of fused-ring (bicyclic) bond motifs is 5. The van der Waals surface area contributed by atoms with Gasteiger partial charge in [-0.25, -0.2) is 0 Å². The topological polar surface area (TPSA) is 45.8 Å². The molecule has 0 aliphatic heterocycles. The van der Waals surface area contributed by atoms with Crippen LogP contribution in [0.4, 0.5) is 0 Å². The molecule has 0 amide bonds. The largest absolute Gasteiger partial charge is 0.294 e. The highest BCUT2D eigenvalue weighted by molar-refractivity contribution is 6.02. The van der Waals surface area contributed by atoms with Gasteiger partial charge in [-0.15, -0.1) is 0 Å². The molecule has 3 heteroatoms. The van der Waals surface area contributed by atoms with E-state index in [2.05, 4.69) is 57.1 Å². The van der Waals surface area contributed by atoms with Crippen LogP contribution in [0.3, 0.4) is 0 Å². The highest BCUT2D eigenvalue weighted by Gasteiger charge is 2.54. The second-order valence-electron chi connectivity index (χ2n) is 9.78. The van der Waals surface area contributed by atoms with Crippen molar-refractivity contribution in [1.82, 2.24) is 10.2 Å². The highest BCUT2D eigenvalue weighted by atomic mass is 16.1. The molecule has 2 aromatic rings. The lowest BCUT2D eigenvalue weighted by atomic mass is 9.57. The molecule has 3 aliphatic carbocycles. The van der Waals surface area contributed by atoms with Gasteiger partial charge in [0.15, 0.2) is 5.78 Å². The van der Waals surface area contributed by atoms with Crippen LogP contribution in [0.1, 0.15) is 81.0 Å². The molecule has 27 heavy (non-hydrogen) atoms. The van der Waals surface area contributed by atoms with Gasteiger partial charge in [0, 0.05) is 29.7 Å². The number of rotatable bonds is 1. The summed E-state index contributed by atoms with van der Waals surface area (Å²) in [4.78, 5) is 13.5. The van der Waals surface area contributed by atoms with Gasteiger partial charge in [0.05, 0.1) is 11.1 Å². The number of nitrogens with zero attached hydrogens (tertiary/aromatic N) is 1. The SMILES string of the molecule is CC(C)c1n[nH]c2c1[C@]1(CCc3ccccc31)C1=C(C2)CC(C)(C)CC1=O. The Morgan fingerprint density at radius 3 is 2.70 bits per heavy atom. The quantitative estimate of drug-likeness (QED) is 0.777. The van der Waals surface area contributed by atoms with E-state index < -0.39 is 0 Å². The number of allylic oxidation sites excluding steroid dienone is 2. The third kappa shape index (κ3) is 2.20. The van der Waals surface area contributed by atoms with Crippen LogP contribution in [0.2, 0.25) is 0 Å². The number of aromatic nitrogens is 2. The Morgan fingerprint density at radius 1 is 1.15 bits per heavy atom. The molecule has 0 unspecified atom stereocenters. The molecule has 140 valence electrons. The maximum absolute atomic E-state index is 13.5. The first-order valence-corrected chi connectivity index (χ1v) is 10.3. The van der Waals surface area contributed by atoms with Crippen molar-refractivity contribution in [2.75, 3.05) is 0 Å². The van der Waals surface area contributed by atoms with Crippen LogP contribution < -0.4 is 0 Å². The van der Waals surface area contributed by atoms with Crippen molar-refractivity contribution in [2.24, 2.45) is 5.41 Å². The molecule has 3 aliphatic rings. The number of carbonyl (C=O) groups excluding carboxylic acids is 1. The van der Waals surface area contributed by atoms with Crippen LogP contribution in [-0.2, 0) is 23.1 Å². The highest BCUT2D eigenvalue weighted by Crippen LogP contribution is 2.58. The van der Waals surface area contributed by atoms with Gasteiger partial charge >= 0.3 is 0 Å². The molecule has 3 nitrogen and oxygen atoms in total. The molecular weight excluding hydrogens is 332 g/mol. The third-order valence-corrected chi connectivity index (χ3v) is 6.87. The van der Waals surface area contributed by atoms with Crippen molar-refractivity contribution in [3.8, 4) is 0 Å². The smallest absolute Gasteiger partial charge is 0.160 e. The van der Waals surface area contributed by atoms with Crippen LogP contribution in [-0.4, -0.2) is 16.0 Å². The van der Waals surface area contributed by atoms with Gasteiger partial charge in [-0.2, -0.15) is 5.10 Å². The maximum atomic E-state index is 13.5. The summed E-state index contributed by atoms with van der Waals surface area (Å²) in [6, 6.07) is 8.76. The minimum absolute atomic E-state index is 0.0492. The first kappa shape index (κ1) is 17.0. The fourth-order valence-electron chi connectivity index (χ4n) is 6.02. The zero-order chi connectivity index (χ0) is 19.0. The second kappa shape index (κ2) is 5.43. The van der Waals surface area contributed by atoms with Crippen molar-refractivity contribution >= 4 is 5.78 Å². The van der Waals surface area contributed by atoms with Crippen molar-refractivity contribution in [1.29, 1.82) is 0 Å². The Bertz CT molecular complexity index is 992. The van der Waals surface area contributed by atoms with Gasteiger partial charge in [0.1, 0.15) is 0 Å². The zero-order valence-electron chi connectivity index (χ0n) is 16.8. The van der Waals surface area contributed by atoms with E-state index in [-0.39, 0.29) is 10.8 Å². The minimum atomic E-state index is -0.292. The van der Waals surface area contributed by atoms with E-state index in [1.54, 1.807) is 0 Å². The van der Waals surface area contributed by atoms with E-state index in [0.29, 0.717) is 18.1 Å². The fourth-order valence-corrected chi connectivity index (χ4v) is 6.02. The molecule has 1 atom stereocenters. The number of ketones is 1. The standard InChI is InChI=1S/C24H28N2O/c1-14(2)22-21-18(25-26-22)11-16-12-23(3,4)13-19(27)20(16)24(21)10-9-15-7-5-6-8-17(15)24/h5-8,14H,9-13H2,1-4H3,(H,25,26)/t24-/m0/s1. The van der Waals surface area contributed by atoms with Crippen molar-refractivity contribution in [3.63, 3.8) is 0 Å². The van der Waals surface area contributed by atoms with Gasteiger partial charge in [-0.05, 0) is 41.7 Å². The first-order valence-electron chi connectivity index (χ1n) is 10.3. The van der Waals surface area contributed by atoms with Gasteiger partial charge in [-0.3, -0.25) is 9.89 Å². The lowest BCUT2D eigenvalue weighted by Gasteiger charge is -2.44. The monoisotopic (exact) mass is 360 g/mol. The van der Waals surface area contributed by atoms with E-state index in [0.717, 1.165) is 37.0 Å². The Hall–Kier alpha value is -2.16. The van der Waals surface area contributed by atoms with Gasteiger partial charge in [0.2, 0.25) is 0 Å². The summed E-state index contributed by atoms with van der Waals surface area (Å²) >= 11 is 0. The van der Waals surface area contributed by atoms with E-state index in [4.69, 9.17) is 5.10 Å². The van der Waals surface area contributed by atoms with Crippen LogP contribution >= 0.6 is 0 Å². The number of aromatic amines is 1. The second-order valence-corrected chi connectivity index (χ2v) is 9.78. The molecule has 1 aromatic heterocycles. The minimum Gasteiger partial charge on any atom is -0.294 e. The van der Waals surface area contributed by atoms with E-state index >= 15 is 0 Å². The predicted octanol–water partition coefficient (Wildman–Crippen LogP) is 5.01. The summed E-state index contributed by atoms with van der Waals surface area (Å²) in [6.45, 7) is 8.87. The Labute approximate surface area is 161 Å². The number of hydrogen-bond acceptors (Lipinski definition) is 2. The van der Waals surface area contributed by atoms with Crippen molar-refractivity contribution in [2.45, 2.75) is 71.1 Å². The summed E-state index contributed by atoms with van der Waals surface area (Å²) in [5, 5.41) is 8.11. The number of aryl methyl sites for hydroxylation is 1. The third-order valence-electron chi connectivity index (χ3n) is 6.87. The normalized spacial score (nSPS) is 25.7. The summed E-state index contributed by atoms with van der Waals surface area (Å²) in [5.74, 6) is 0.700. The van der Waals surface area contributed by atoms with Crippen LogP contribution in [0, 0.1) is 5.41 Å². The molecule has 0 bridgehead atoms. The van der Waals surface area contributed by atoms with Gasteiger partial charge < -0.3 is 0 Å². The van der Waals surface area contributed by atoms with Gasteiger partial charge in [0.25, 0.3) is 0 Å². The van der Waals surface area contributed by atoms with E-state index in [1.165, 1.54) is 28.0 Å². The lowest BCUT2D eigenvalue weighted by molar-refractivity contribution is -0.118. The molecule has 1 spiro atoms. The number of nitrogens with one attached hydrogen (secondary N) is 1. The van der Waals surface area contributed by atoms with Crippen molar-refractivity contribution < 1.29 is 4.79 Å².